The van der Waals surface area contributed by atoms with Crippen LogP contribution in [0.15, 0.2) is 243 Å². The molecule has 0 N–H and O–H groups in total. The Morgan fingerprint density at radius 3 is 1.56 bits per heavy atom. The Labute approximate surface area is 376 Å². The summed E-state index contributed by atoms with van der Waals surface area (Å²) in [6, 6.07) is 84.1. The fraction of sp³-hybridized carbons (Fsp3) is 0.0323. The zero-order valence-electron chi connectivity index (χ0n) is 35.8. The summed E-state index contributed by atoms with van der Waals surface area (Å²) in [5.41, 5.74) is 19.6. The number of fused-ring (bicyclic) bond motifs is 4. The fourth-order valence-electron chi connectivity index (χ4n) is 10.2. The summed E-state index contributed by atoms with van der Waals surface area (Å²) in [5, 5.41) is 1.17. The summed E-state index contributed by atoms with van der Waals surface area (Å²) in [6.07, 6.45) is 6.27. The molecule has 1 aliphatic rings. The molecule has 1 heterocycles. The van der Waals surface area contributed by atoms with Gasteiger partial charge in [0.25, 0.3) is 0 Å². The number of benzene rings is 9. The van der Waals surface area contributed by atoms with E-state index in [-0.39, 0.29) is 0 Å². The highest BCUT2D eigenvalue weighted by Gasteiger charge is 2.46. The molecule has 0 saturated carbocycles. The van der Waals surface area contributed by atoms with Gasteiger partial charge in [-0.05, 0) is 129 Å². The predicted molar refractivity (Wildman–Crippen MR) is 271 cm³/mol. The van der Waals surface area contributed by atoms with Crippen LogP contribution in [-0.4, -0.2) is 4.57 Å². The van der Waals surface area contributed by atoms with Crippen molar-refractivity contribution in [1.82, 2.24) is 4.57 Å². The van der Waals surface area contributed by atoms with E-state index in [0.717, 1.165) is 50.7 Å². The van der Waals surface area contributed by atoms with E-state index in [9.17, 15) is 0 Å². The van der Waals surface area contributed by atoms with Crippen molar-refractivity contribution < 1.29 is 0 Å². The molecule has 1 aromatic heterocycles. The van der Waals surface area contributed by atoms with Gasteiger partial charge in [-0.1, -0.05) is 189 Å². The van der Waals surface area contributed by atoms with Crippen LogP contribution >= 0.6 is 0 Å². The summed E-state index contributed by atoms with van der Waals surface area (Å²) in [6.45, 7) is 6.34. The third-order valence-corrected chi connectivity index (χ3v) is 13.0. The molecule has 304 valence electrons. The van der Waals surface area contributed by atoms with E-state index >= 15 is 0 Å². The molecule has 2 nitrogen and oxygen atoms in total. The molecule has 10 aromatic rings. The van der Waals surface area contributed by atoms with Crippen LogP contribution in [0.2, 0.25) is 0 Å². The van der Waals surface area contributed by atoms with Gasteiger partial charge in [0.2, 0.25) is 0 Å². The Kier molecular flexibility index (Phi) is 9.83. The van der Waals surface area contributed by atoms with Gasteiger partial charge in [-0.3, -0.25) is 0 Å². The molecule has 0 saturated heterocycles. The Morgan fingerprint density at radius 2 is 0.953 bits per heavy atom. The molecule has 0 unspecified atom stereocenters. The molecule has 0 amide bonds. The Morgan fingerprint density at radius 1 is 0.453 bits per heavy atom. The second kappa shape index (κ2) is 16.2. The zero-order chi connectivity index (χ0) is 43.0. The fourth-order valence-corrected chi connectivity index (χ4v) is 10.2. The normalized spacial score (nSPS) is 12.6. The number of hydrogen-bond donors (Lipinski definition) is 0. The minimum atomic E-state index is -0.508. The number of anilines is 3. The molecule has 2 heteroatoms. The highest BCUT2D eigenvalue weighted by atomic mass is 15.1. The number of hydrogen-bond acceptors (Lipinski definition) is 1. The van der Waals surface area contributed by atoms with Crippen molar-refractivity contribution in [2.24, 2.45) is 0 Å². The van der Waals surface area contributed by atoms with E-state index in [2.05, 4.69) is 266 Å². The molecule has 0 aliphatic heterocycles. The first-order chi connectivity index (χ1) is 31.7. The summed E-state index contributed by atoms with van der Waals surface area (Å²) in [4.78, 5) is 2.41. The average Bonchev–Trinajstić information content (AvgIpc) is 3.85. The smallest absolute Gasteiger partial charge is 0.0714 e. The Balaban J connectivity index is 1.07. The van der Waals surface area contributed by atoms with Crippen molar-refractivity contribution in [2.75, 3.05) is 4.90 Å². The maximum Gasteiger partial charge on any atom is 0.0714 e. The first-order valence-electron chi connectivity index (χ1n) is 22.1. The standard InChI is InChI=1S/C62H46N2/c1-3-19-60-54(4-2)57-42-47(34-41-61(57)64(60)50-26-15-8-16-27-50)46-32-37-52(38-33-46)63(51-35-30-45(31-36-51)44-20-9-5-10-21-44)53-39-40-56-55-28-17-18-29-58(55)62(59(56)43-53,48-22-11-6-12-23-48)49-24-13-7-14-25-49/h3-43H,2H2,1H3/b19-3-. The zero-order valence-corrected chi connectivity index (χ0v) is 35.8. The number of para-hydroxylation sites is 1. The van der Waals surface area contributed by atoms with Crippen molar-refractivity contribution in [3.63, 3.8) is 0 Å². The number of rotatable bonds is 10. The van der Waals surface area contributed by atoms with Gasteiger partial charge in [-0.15, -0.1) is 0 Å². The maximum atomic E-state index is 4.27. The lowest BCUT2D eigenvalue weighted by atomic mass is 9.67. The monoisotopic (exact) mass is 818 g/mol. The summed E-state index contributed by atoms with van der Waals surface area (Å²) in [5.74, 6) is 0. The predicted octanol–water partition coefficient (Wildman–Crippen LogP) is 16.5. The topological polar surface area (TPSA) is 8.17 Å². The van der Waals surface area contributed by atoms with Gasteiger partial charge in [0.1, 0.15) is 0 Å². The summed E-state index contributed by atoms with van der Waals surface area (Å²) in [7, 11) is 0. The van der Waals surface area contributed by atoms with Gasteiger partial charge in [0, 0.05) is 33.7 Å². The van der Waals surface area contributed by atoms with E-state index in [1.165, 1.54) is 49.9 Å². The van der Waals surface area contributed by atoms with E-state index in [1.807, 2.05) is 6.08 Å². The van der Waals surface area contributed by atoms with Crippen LogP contribution in [0, 0.1) is 0 Å². The van der Waals surface area contributed by atoms with Gasteiger partial charge in [0.05, 0.1) is 16.6 Å². The largest absolute Gasteiger partial charge is 0.310 e. The SMILES string of the molecule is C=Cc1c(/C=C\C)n(-c2ccccc2)c2ccc(-c3ccc(N(c4ccc(-c5ccccc5)cc4)c4ccc5c(c4)C(c4ccccc4)(c4ccccc4)c4ccccc4-5)cc3)cc12. The third-order valence-electron chi connectivity index (χ3n) is 13.0. The molecule has 0 fully saturated rings. The Bertz CT molecular complexity index is 3270. The number of allylic oxidation sites excluding steroid dienone is 1. The van der Waals surface area contributed by atoms with Crippen LogP contribution in [-0.2, 0) is 5.41 Å². The highest BCUT2D eigenvalue weighted by molar-refractivity contribution is 5.98. The molecule has 0 bridgehead atoms. The molecule has 9 aromatic carbocycles. The molecular weight excluding hydrogens is 773 g/mol. The van der Waals surface area contributed by atoms with E-state index in [4.69, 9.17) is 0 Å². The molecular formula is C62H46N2. The van der Waals surface area contributed by atoms with E-state index in [0.29, 0.717) is 0 Å². The van der Waals surface area contributed by atoms with Crippen molar-refractivity contribution in [1.29, 1.82) is 0 Å². The highest BCUT2D eigenvalue weighted by Crippen LogP contribution is 2.57. The van der Waals surface area contributed by atoms with E-state index in [1.54, 1.807) is 0 Å². The van der Waals surface area contributed by atoms with Gasteiger partial charge >= 0.3 is 0 Å². The second-order valence-electron chi connectivity index (χ2n) is 16.5. The minimum Gasteiger partial charge on any atom is -0.310 e. The summed E-state index contributed by atoms with van der Waals surface area (Å²) >= 11 is 0. The first-order valence-corrected chi connectivity index (χ1v) is 22.1. The molecule has 11 rings (SSSR count). The van der Waals surface area contributed by atoms with Crippen molar-refractivity contribution in [2.45, 2.75) is 12.3 Å². The van der Waals surface area contributed by atoms with Gasteiger partial charge in [-0.2, -0.15) is 0 Å². The lowest BCUT2D eigenvalue weighted by Gasteiger charge is -2.35. The minimum absolute atomic E-state index is 0.508. The number of nitrogens with zero attached hydrogens (tertiary/aromatic N) is 2. The lowest BCUT2D eigenvalue weighted by Crippen LogP contribution is -2.28. The van der Waals surface area contributed by atoms with Crippen LogP contribution < -0.4 is 4.90 Å². The first kappa shape index (κ1) is 38.7. The van der Waals surface area contributed by atoms with Crippen LogP contribution in [0.1, 0.15) is 40.4 Å². The molecule has 0 spiro atoms. The van der Waals surface area contributed by atoms with E-state index < -0.39 is 5.41 Å². The van der Waals surface area contributed by atoms with Crippen molar-refractivity contribution in [3.05, 3.63) is 277 Å². The van der Waals surface area contributed by atoms with Crippen molar-refractivity contribution >= 4 is 40.1 Å². The molecule has 64 heavy (non-hydrogen) atoms. The Hall–Kier alpha value is -8.20. The van der Waals surface area contributed by atoms with Gasteiger partial charge in [-0.25, -0.2) is 0 Å². The molecule has 1 aliphatic carbocycles. The van der Waals surface area contributed by atoms with Crippen LogP contribution in [0.3, 0.4) is 0 Å². The van der Waals surface area contributed by atoms with Crippen LogP contribution in [0.5, 0.6) is 0 Å². The molecule has 0 atom stereocenters. The molecule has 0 radical (unpaired) electrons. The third kappa shape index (κ3) is 6.34. The van der Waals surface area contributed by atoms with Crippen LogP contribution in [0.4, 0.5) is 17.1 Å². The number of aromatic nitrogens is 1. The quantitative estimate of drug-likeness (QED) is 0.133. The van der Waals surface area contributed by atoms with Gasteiger partial charge < -0.3 is 9.47 Å². The average molecular weight is 819 g/mol. The second-order valence-corrected chi connectivity index (χ2v) is 16.5. The summed E-state index contributed by atoms with van der Waals surface area (Å²) < 4.78 is 2.33. The van der Waals surface area contributed by atoms with Crippen molar-refractivity contribution in [3.8, 4) is 39.1 Å². The van der Waals surface area contributed by atoms with Gasteiger partial charge in [0.15, 0.2) is 0 Å². The van der Waals surface area contributed by atoms with Crippen LogP contribution in [0.25, 0.3) is 62.1 Å². The maximum absolute atomic E-state index is 4.27. The lowest BCUT2D eigenvalue weighted by molar-refractivity contribution is 0.768.